The summed E-state index contributed by atoms with van der Waals surface area (Å²) in [6, 6.07) is 10.9. The van der Waals surface area contributed by atoms with Crippen molar-refractivity contribution in [2.75, 3.05) is 11.4 Å². The normalized spacial score (nSPS) is 19.5. The molecule has 1 aromatic heterocycles. The molecule has 0 bridgehead atoms. The van der Waals surface area contributed by atoms with E-state index in [0.29, 0.717) is 49.5 Å². The second kappa shape index (κ2) is 9.21. The van der Waals surface area contributed by atoms with Crippen LogP contribution in [0.2, 0.25) is 0 Å². The van der Waals surface area contributed by atoms with Gasteiger partial charge in [-0.2, -0.15) is 0 Å². The van der Waals surface area contributed by atoms with Gasteiger partial charge in [0.2, 0.25) is 17.7 Å². The number of fused-ring (bicyclic) bond motifs is 3. The zero-order valence-electron chi connectivity index (χ0n) is 19.3. The van der Waals surface area contributed by atoms with Crippen LogP contribution in [0.5, 0.6) is 5.88 Å². The SMILES string of the molecule is CC(C)Oc1ncccc1CNC(=O)CCCN1C(=O)c2ccccc2N2C(=O)CCC12C. The number of carbonyl (C=O) groups excluding carboxylic acids is 3. The van der Waals surface area contributed by atoms with Crippen molar-refractivity contribution in [1.29, 1.82) is 0 Å². The van der Waals surface area contributed by atoms with E-state index in [9.17, 15) is 14.4 Å². The summed E-state index contributed by atoms with van der Waals surface area (Å²) in [5, 5.41) is 2.91. The molecule has 3 heterocycles. The Kier molecular flexibility index (Phi) is 6.35. The Bertz CT molecular complexity index is 1070. The molecule has 8 heteroatoms. The Hall–Kier alpha value is -3.42. The highest BCUT2D eigenvalue weighted by molar-refractivity contribution is 6.10. The van der Waals surface area contributed by atoms with Crippen molar-refractivity contribution in [2.24, 2.45) is 0 Å². The lowest BCUT2D eigenvalue weighted by atomic mass is 9.98. The number of aromatic nitrogens is 1. The summed E-state index contributed by atoms with van der Waals surface area (Å²) in [6.07, 6.45) is 3.41. The van der Waals surface area contributed by atoms with Crippen LogP contribution in [-0.2, 0) is 16.1 Å². The first-order valence-electron chi connectivity index (χ1n) is 11.4. The van der Waals surface area contributed by atoms with E-state index < -0.39 is 5.66 Å². The second-order valence-electron chi connectivity index (χ2n) is 8.93. The molecule has 2 aromatic rings. The van der Waals surface area contributed by atoms with Crippen molar-refractivity contribution in [2.45, 2.75) is 64.8 Å². The van der Waals surface area contributed by atoms with Crippen LogP contribution in [0.15, 0.2) is 42.6 Å². The first-order valence-corrected chi connectivity index (χ1v) is 11.4. The van der Waals surface area contributed by atoms with Crippen LogP contribution >= 0.6 is 0 Å². The number of hydrogen-bond donors (Lipinski definition) is 1. The minimum atomic E-state index is -0.697. The van der Waals surface area contributed by atoms with Gasteiger partial charge in [-0.05, 0) is 51.8 Å². The molecule has 2 aliphatic heterocycles. The number of para-hydroxylation sites is 1. The van der Waals surface area contributed by atoms with E-state index in [-0.39, 0.29) is 30.2 Å². The number of carbonyl (C=O) groups is 3. The Labute approximate surface area is 193 Å². The number of benzene rings is 1. The molecule has 1 aromatic carbocycles. The average Bonchev–Trinajstić information content (AvgIpc) is 3.10. The molecule has 1 unspecified atom stereocenters. The van der Waals surface area contributed by atoms with Gasteiger partial charge in [-0.25, -0.2) is 4.98 Å². The third-order valence-corrected chi connectivity index (χ3v) is 6.20. The first-order chi connectivity index (χ1) is 15.8. The molecule has 4 rings (SSSR count). The van der Waals surface area contributed by atoms with E-state index in [4.69, 9.17) is 4.74 Å². The zero-order chi connectivity index (χ0) is 23.6. The van der Waals surface area contributed by atoms with Crippen LogP contribution in [0.3, 0.4) is 0 Å². The molecule has 8 nitrogen and oxygen atoms in total. The highest BCUT2D eigenvalue weighted by Gasteiger charge is 2.52. The predicted molar refractivity (Wildman–Crippen MR) is 124 cm³/mol. The minimum absolute atomic E-state index is 0.00930. The maximum atomic E-state index is 13.2. The minimum Gasteiger partial charge on any atom is -0.475 e. The fraction of sp³-hybridized carbons (Fsp3) is 0.440. The van der Waals surface area contributed by atoms with E-state index in [1.807, 2.05) is 45.0 Å². The summed E-state index contributed by atoms with van der Waals surface area (Å²) in [6.45, 7) is 6.51. The molecule has 0 spiro atoms. The van der Waals surface area contributed by atoms with E-state index >= 15 is 0 Å². The molecule has 0 aliphatic carbocycles. The van der Waals surface area contributed by atoms with Crippen LogP contribution in [0.1, 0.15) is 62.4 Å². The highest BCUT2D eigenvalue weighted by Crippen LogP contribution is 2.44. The van der Waals surface area contributed by atoms with Gasteiger partial charge in [0.25, 0.3) is 5.91 Å². The number of anilines is 1. The highest BCUT2D eigenvalue weighted by atomic mass is 16.5. The zero-order valence-corrected chi connectivity index (χ0v) is 19.3. The van der Waals surface area contributed by atoms with Crippen molar-refractivity contribution in [1.82, 2.24) is 15.2 Å². The molecule has 2 aliphatic rings. The summed E-state index contributed by atoms with van der Waals surface area (Å²) in [5.74, 6) is 0.342. The lowest BCUT2D eigenvalue weighted by Crippen LogP contribution is -2.62. The molecule has 174 valence electrons. The molecule has 0 saturated carbocycles. The quantitative estimate of drug-likeness (QED) is 0.667. The van der Waals surface area contributed by atoms with Gasteiger partial charge in [0.1, 0.15) is 5.66 Å². The third-order valence-electron chi connectivity index (χ3n) is 6.20. The lowest BCUT2D eigenvalue weighted by Gasteiger charge is -2.48. The second-order valence-corrected chi connectivity index (χ2v) is 8.93. The van der Waals surface area contributed by atoms with Gasteiger partial charge in [-0.3, -0.25) is 19.3 Å². The number of ether oxygens (including phenoxy) is 1. The van der Waals surface area contributed by atoms with Gasteiger partial charge < -0.3 is 15.0 Å². The Morgan fingerprint density at radius 3 is 2.79 bits per heavy atom. The molecule has 1 atom stereocenters. The number of amides is 3. The first kappa shape index (κ1) is 22.8. The standard InChI is InChI=1S/C25H30N4O4/c1-17(2)33-23-18(8-6-14-26-23)16-27-21(30)11-7-15-28-24(32)19-9-4-5-10-20(19)29-22(31)12-13-25(28,29)3/h4-6,8-10,14,17H,7,11-13,15-16H2,1-3H3,(H,27,30). The summed E-state index contributed by atoms with van der Waals surface area (Å²) in [4.78, 5) is 46.1. The van der Waals surface area contributed by atoms with Gasteiger partial charge in [0, 0.05) is 37.7 Å². The number of pyridine rings is 1. The fourth-order valence-corrected chi connectivity index (χ4v) is 4.61. The predicted octanol–water partition coefficient (Wildman–Crippen LogP) is 3.26. The van der Waals surface area contributed by atoms with Crippen molar-refractivity contribution >= 4 is 23.4 Å². The Morgan fingerprint density at radius 2 is 2.00 bits per heavy atom. The number of rotatable bonds is 8. The summed E-state index contributed by atoms with van der Waals surface area (Å²) >= 11 is 0. The van der Waals surface area contributed by atoms with Crippen molar-refractivity contribution in [3.8, 4) is 5.88 Å². The van der Waals surface area contributed by atoms with Gasteiger partial charge in [0.05, 0.1) is 17.4 Å². The summed E-state index contributed by atoms with van der Waals surface area (Å²) in [7, 11) is 0. The Balaban J connectivity index is 1.37. The van der Waals surface area contributed by atoms with Crippen molar-refractivity contribution in [3.63, 3.8) is 0 Å². The van der Waals surface area contributed by atoms with Crippen LogP contribution in [-0.4, -0.2) is 45.9 Å². The molecule has 1 saturated heterocycles. The maximum Gasteiger partial charge on any atom is 0.257 e. The van der Waals surface area contributed by atoms with Crippen molar-refractivity contribution < 1.29 is 19.1 Å². The fourth-order valence-electron chi connectivity index (χ4n) is 4.61. The molecule has 0 radical (unpaired) electrons. The molecule has 1 fully saturated rings. The lowest BCUT2D eigenvalue weighted by molar-refractivity contribution is -0.121. The maximum absolute atomic E-state index is 13.2. The topological polar surface area (TPSA) is 91.8 Å². The number of hydrogen-bond acceptors (Lipinski definition) is 5. The van der Waals surface area contributed by atoms with Crippen LogP contribution < -0.4 is 15.0 Å². The van der Waals surface area contributed by atoms with E-state index in [1.165, 1.54) is 0 Å². The van der Waals surface area contributed by atoms with Gasteiger partial charge in [-0.15, -0.1) is 0 Å². The summed E-state index contributed by atoms with van der Waals surface area (Å²) in [5.41, 5.74) is 1.33. The van der Waals surface area contributed by atoms with Crippen molar-refractivity contribution in [3.05, 3.63) is 53.7 Å². The number of nitrogens with zero attached hydrogens (tertiary/aromatic N) is 3. The molecular formula is C25H30N4O4. The molecule has 3 amide bonds. The van der Waals surface area contributed by atoms with Crippen LogP contribution in [0.25, 0.3) is 0 Å². The van der Waals surface area contributed by atoms with E-state index in [0.717, 1.165) is 5.56 Å². The van der Waals surface area contributed by atoms with Crippen LogP contribution in [0.4, 0.5) is 5.69 Å². The molecular weight excluding hydrogens is 420 g/mol. The van der Waals surface area contributed by atoms with Gasteiger partial charge >= 0.3 is 0 Å². The van der Waals surface area contributed by atoms with E-state index in [2.05, 4.69) is 10.3 Å². The monoisotopic (exact) mass is 450 g/mol. The summed E-state index contributed by atoms with van der Waals surface area (Å²) < 4.78 is 5.70. The molecule has 33 heavy (non-hydrogen) atoms. The van der Waals surface area contributed by atoms with E-state index in [1.54, 1.807) is 28.1 Å². The number of nitrogens with one attached hydrogen (secondary N) is 1. The smallest absolute Gasteiger partial charge is 0.257 e. The Morgan fingerprint density at radius 1 is 1.21 bits per heavy atom. The average molecular weight is 451 g/mol. The third kappa shape index (κ3) is 4.42. The van der Waals surface area contributed by atoms with Gasteiger partial charge in [0.15, 0.2) is 0 Å². The van der Waals surface area contributed by atoms with Crippen LogP contribution in [0, 0.1) is 0 Å². The van der Waals surface area contributed by atoms with Gasteiger partial charge in [-0.1, -0.05) is 18.2 Å². The molecule has 1 N–H and O–H groups in total. The largest absolute Gasteiger partial charge is 0.475 e.